The van der Waals surface area contributed by atoms with Gasteiger partial charge in [0.15, 0.2) is 0 Å². The Morgan fingerprint density at radius 3 is 2.85 bits per heavy atom. The second kappa shape index (κ2) is 5.39. The monoisotopic (exact) mass is 268 g/mol. The summed E-state index contributed by atoms with van der Waals surface area (Å²) in [5.74, 6) is 0.798. The summed E-state index contributed by atoms with van der Waals surface area (Å²) in [6.07, 6.45) is 1.57. The van der Waals surface area contributed by atoms with Crippen molar-refractivity contribution in [3.05, 3.63) is 65.9 Å². The number of aliphatic hydroxyl groups is 1. The fourth-order valence-electron chi connectivity index (χ4n) is 2.39. The molecule has 0 amide bonds. The maximum Gasteiger partial charge on any atom is 0.134 e. The summed E-state index contributed by atoms with van der Waals surface area (Å²) < 4.78 is 10.7. The summed E-state index contributed by atoms with van der Waals surface area (Å²) in [6, 6.07) is 15.5. The molecule has 20 heavy (non-hydrogen) atoms. The maximum absolute atomic E-state index is 10.4. The number of rotatable bonds is 4. The van der Waals surface area contributed by atoms with Gasteiger partial charge in [-0.1, -0.05) is 30.3 Å². The predicted molar refractivity (Wildman–Crippen MR) is 77.9 cm³/mol. The molecule has 0 aliphatic heterocycles. The van der Waals surface area contributed by atoms with Gasteiger partial charge < -0.3 is 14.3 Å². The maximum atomic E-state index is 10.4. The molecule has 0 aliphatic rings. The molecule has 1 N–H and O–H groups in total. The van der Waals surface area contributed by atoms with Crippen LogP contribution < -0.4 is 4.74 Å². The van der Waals surface area contributed by atoms with Crippen LogP contribution in [0.3, 0.4) is 0 Å². The van der Waals surface area contributed by atoms with Crippen LogP contribution in [0, 0.1) is 0 Å². The van der Waals surface area contributed by atoms with Crippen LogP contribution in [0.25, 0.3) is 11.0 Å². The van der Waals surface area contributed by atoms with E-state index in [9.17, 15) is 5.11 Å². The van der Waals surface area contributed by atoms with Crippen LogP contribution in [0.5, 0.6) is 5.75 Å². The van der Waals surface area contributed by atoms with E-state index in [4.69, 9.17) is 9.15 Å². The smallest absolute Gasteiger partial charge is 0.134 e. The zero-order chi connectivity index (χ0) is 13.9. The molecule has 3 heteroatoms. The SMILES string of the molecule is COc1cccc(CC(O)c2coc3ccccc23)c1. The number of hydrogen-bond acceptors (Lipinski definition) is 3. The number of ether oxygens (including phenoxy) is 1. The average Bonchev–Trinajstić information content (AvgIpc) is 2.91. The molecular weight excluding hydrogens is 252 g/mol. The highest BCUT2D eigenvalue weighted by Crippen LogP contribution is 2.28. The number of hydrogen-bond donors (Lipinski definition) is 1. The van der Waals surface area contributed by atoms with E-state index in [1.54, 1.807) is 13.4 Å². The fraction of sp³-hybridized carbons (Fsp3) is 0.176. The van der Waals surface area contributed by atoms with Gasteiger partial charge in [-0.25, -0.2) is 0 Å². The second-order valence-corrected chi connectivity index (χ2v) is 4.76. The molecule has 0 bridgehead atoms. The molecule has 0 radical (unpaired) electrons. The van der Waals surface area contributed by atoms with Crippen molar-refractivity contribution in [1.82, 2.24) is 0 Å². The molecule has 1 atom stereocenters. The van der Waals surface area contributed by atoms with Crippen LogP contribution >= 0.6 is 0 Å². The van der Waals surface area contributed by atoms with Gasteiger partial charge in [0.25, 0.3) is 0 Å². The van der Waals surface area contributed by atoms with Gasteiger partial charge in [0, 0.05) is 17.4 Å². The van der Waals surface area contributed by atoms with Crippen molar-refractivity contribution in [2.75, 3.05) is 7.11 Å². The van der Waals surface area contributed by atoms with E-state index in [1.165, 1.54) is 0 Å². The average molecular weight is 268 g/mol. The summed E-state index contributed by atoms with van der Waals surface area (Å²) in [5.41, 5.74) is 2.65. The van der Waals surface area contributed by atoms with Crippen molar-refractivity contribution >= 4 is 11.0 Å². The Morgan fingerprint density at radius 1 is 1.15 bits per heavy atom. The zero-order valence-electron chi connectivity index (χ0n) is 11.2. The van der Waals surface area contributed by atoms with E-state index in [0.29, 0.717) is 6.42 Å². The summed E-state index contributed by atoms with van der Waals surface area (Å²) in [7, 11) is 1.64. The Labute approximate surface area is 117 Å². The Bertz CT molecular complexity index is 715. The number of furan rings is 1. The highest BCUT2D eigenvalue weighted by molar-refractivity contribution is 5.81. The van der Waals surface area contributed by atoms with Gasteiger partial charge in [-0.2, -0.15) is 0 Å². The molecule has 3 nitrogen and oxygen atoms in total. The van der Waals surface area contributed by atoms with Crippen LogP contribution in [0.15, 0.2) is 59.2 Å². The van der Waals surface area contributed by atoms with E-state index >= 15 is 0 Å². The number of para-hydroxylation sites is 1. The largest absolute Gasteiger partial charge is 0.497 e. The molecule has 1 heterocycles. The molecule has 1 aromatic heterocycles. The molecule has 0 saturated carbocycles. The van der Waals surface area contributed by atoms with Gasteiger partial charge in [-0.15, -0.1) is 0 Å². The summed E-state index contributed by atoms with van der Waals surface area (Å²) in [6.45, 7) is 0. The van der Waals surface area contributed by atoms with Crippen LogP contribution in [-0.2, 0) is 6.42 Å². The van der Waals surface area contributed by atoms with Gasteiger partial charge in [0.2, 0.25) is 0 Å². The standard InChI is InChI=1S/C17H16O3/c1-19-13-6-4-5-12(9-13)10-16(18)15-11-20-17-8-3-2-7-14(15)17/h2-9,11,16,18H,10H2,1H3. The molecule has 102 valence electrons. The third-order valence-electron chi connectivity index (χ3n) is 3.43. The highest BCUT2D eigenvalue weighted by Gasteiger charge is 2.15. The number of benzene rings is 2. The minimum atomic E-state index is -0.592. The van der Waals surface area contributed by atoms with Crippen molar-refractivity contribution in [1.29, 1.82) is 0 Å². The first-order valence-corrected chi connectivity index (χ1v) is 6.55. The number of methoxy groups -OCH3 is 1. The molecule has 3 rings (SSSR count). The van der Waals surface area contributed by atoms with E-state index in [2.05, 4.69) is 0 Å². The van der Waals surface area contributed by atoms with E-state index in [1.807, 2.05) is 48.5 Å². The second-order valence-electron chi connectivity index (χ2n) is 4.76. The zero-order valence-corrected chi connectivity index (χ0v) is 11.2. The lowest BCUT2D eigenvalue weighted by molar-refractivity contribution is 0.178. The normalized spacial score (nSPS) is 12.5. The first kappa shape index (κ1) is 12.8. The molecule has 0 saturated heterocycles. The summed E-state index contributed by atoms with van der Waals surface area (Å²) >= 11 is 0. The Balaban J connectivity index is 1.87. The molecule has 3 aromatic rings. The molecule has 2 aromatic carbocycles. The topological polar surface area (TPSA) is 42.6 Å². The van der Waals surface area contributed by atoms with Crippen LogP contribution in [0.4, 0.5) is 0 Å². The van der Waals surface area contributed by atoms with E-state index < -0.39 is 6.10 Å². The van der Waals surface area contributed by atoms with Crippen molar-refractivity contribution in [2.45, 2.75) is 12.5 Å². The lowest BCUT2D eigenvalue weighted by atomic mass is 10.0. The quantitative estimate of drug-likeness (QED) is 0.784. The van der Waals surface area contributed by atoms with Crippen LogP contribution in [0.1, 0.15) is 17.2 Å². The van der Waals surface area contributed by atoms with E-state index in [-0.39, 0.29) is 0 Å². The molecule has 1 unspecified atom stereocenters. The third kappa shape index (κ3) is 2.40. The molecule has 0 spiro atoms. The van der Waals surface area contributed by atoms with Crippen molar-refractivity contribution in [2.24, 2.45) is 0 Å². The van der Waals surface area contributed by atoms with Gasteiger partial charge in [0.05, 0.1) is 19.5 Å². The van der Waals surface area contributed by atoms with Crippen molar-refractivity contribution in [3.8, 4) is 5.75 Å². The van der Waals surface area contributed by atoms with Gasteiger partial charge in [0.1, 0.15) is 11.3 Å². The number of fused-ring (bicyclic) bond motifs is 1. The van der Waals surface area contributed by atoms with Gasteiger partial charge >= 0.3 is 0 Å². The van der Waals surface area contributed by atoms with E-state index in [0.717, 1.165) is 27.8 Å². The first-order valence-electron chi connectivity index (χ1n) is 6.55. The summed E-state index contributed by atoms with van der Waals surface area (Å²) in [4.78, 5) is 0. The Morgan fingerprint density at radius 2 is 2.00 bits per heavy atom. The van der Waals surface area contributed by atoms with Crippen molar-refractivity contribution in [3.63, 3.8) is 0 Å². The predicted octanol–water partition coefficient (Wildman–Crippen LogP) is 3.72. The minimum Gasteiger partial charge on any atom is -0.497 e. The highest BCUT2D eigenvalue weighted by atomic mass is 16.5. The van der Waals surface area contributed by atoms with Crippen molar-refractivity contribution < 1.29 is 14.3 Å². The Hall–Kier alpha value is -2.26. The Kier molecular flexibility index (Phi) is 3.44. The third-order valence-corrected chi connectivity index (χ3v) is 3.43. The number of aliphatic hydroxyl groups excluding tert-OH is 1. The lowest BCUT2D eigenvalue weighted by Gasteiger charge is -2.10. The van der Waals surface area contributed by atoms with Gasteiger partial charge in [-0.05, 0) is 23.8 Å². The molecule has 0 fully saturated rings. The van der Waals surface area contributed by atoms with Crippen LogP contribution in [0.2, 0.25) is 0 Å². The molecular formula is C17H16O3. The van der Waals surface area contributed by atoms with Crippen LogP contribution in [-0.4, -0.2) is 12.2 Å². The lowest BCUT2D eigenvalue weighted by Crippen LogP contribution is -2.01. The minimum absolute atomic E-state index is 0.528. The fourth-order valence-corrected chi connectivity index (χ4v) is 2.39. The van der Waals surface area contributed by atoms with Gasteiger partial charge in [-0.3, -0.25) is 0 Å². The summed E-state index contributed by atoms with van der Waals surface area (Å²) in [5, 5.41) is 11.4. The first-order chi connectivity index (χ1) is 9.78. The molecule has 0 aliphatic carbocycles.